The number of nitrogens with zero attached hydrogens (tertiary/aromatic N) is 2. The van der Waals surface area contributed by atoms with Gasteiger partial charge in [0, 0.05) is 19.2 Å². The summed E-state index contributed by atoms with van der Waals surface area (Å²) in [5.41, 5.74) is 2.22. The first-order chi connectivity index (χ1) is 11.4. The molecule has 0 unspecified atom stereocenters. The van der Waals surface area contributed by atoms with Crippen LogP contribution in [-0.4, -0.2) is 32.1 Å². The SMILES string of the molecule is Cc1cccc(N(CCCC(=O)Nc2cccnc2)S(C)(=O)=O)c1. The van der Waals surface area contributed by atoms with Gasteiger partial charge >= 0.3 is 0 Å². The fourth-order valence-electron chi connectivity index (χ4n) is 2.31. The first-order valence-corrected chi connectivity index (χ1v) is 9.45. The largest absolute Gasteiger partial charge is 0.325 e. The zero-order valence-corrected chi connectivity index (χ0v) is 14.6. The summed E-state index contributed by atoms with van der Waals surface area (Å²) in [7, 11) is -3.40. The van der Waals surface area contributed by atoms with Gasteiger partial charge in [-0.1, -0.05) is 12.1 Å². The summed E-state index contributed by atoms with van der Waals surface area (Å²) < 4.78 is 25.4. The summed E-state index contributed by atoms with van der Waals surface area (Å²) in [4.78, 5) is 15.9. The van der Waals surface area contributed by atoms with Crippen LogP contribution in [0.4, 0.5) is 11.4 Å². The molecule has 2 rings (SSSR count). The van der Waals surface area contributed by atoms with Crippen LogP contribution in [0.15, 0.2) is 48.8 Å². The highest BCUT2D eigenvalue weighted by atomic mass is 32.2. The number of hydrogen-bond acceptors (Lipinski definition) is 4. The van der Waals surface area contributed by atoms with Crippen molar-refractivity contribution < 1.29 is 13.2 Å². The number of anilines is 2. The van der Waals surface area contributed by atoms with Crippen molar-refractivity contribution >= 4 is 27.3 Å². The molecule has 7 heteroatoms. The van der Waals surface area contributed by atoms with Crippen molar-refractivity contribution in [1.29, 1.82) is 0 Å². The van der Waals surface area contributed by atoms with Gasteiger partial charge in [0.05, 0.1) is 23.8 Å². The number of amides is 1. The van der Waals surface area contributed by atoms with Crippen LogP contribution in [0.25, 0.3) is 0 Å². The highest BCUT2D eigenvalue weighted by Gasteiger charge is 2.17. The third-order valence-electron chi connectivity index (χ3n) is 3.40. The number of aryl methyl sites for hydroxylation is 1. The summed E-state index contributed by atoms with van der Waals surface area (Å²) >= 11 is 0. The van der Waals surface area contributed by atoms with Gasteiger partial charge in [-0.3, -0.25) is 14.1 Å². The zero-order chi connectivity index (χ0) is 17.6. The Balaban J connectivity index is 1.95. The second kappa shape index (κ2) is 7.92. The third kappa shape index (κ3) is 5.34. The molecule has 6 nitrogen and oxygen atoms in total. The number of nitrogens with one attached hydrogen (secondary N) is 1. The minimum absolute atomic E-state index is 0.166. The van der Waals surface area contributed by atoms with E-state index in [2.05, 4.69) is 10.3 Å². The predicted octanol–water partition coefficient (Wildman–Crippen LogP) is 2.57. The van der Waals surface area contributed by atoms with E-state index >= 15 is 0 Å². The maximum atomic E-state index is 12.0. The summed E-state index contributed by atoms with van der Waals surface area (Å²) in [6, 6.07) is 10.8. The number of aromatic nitrogens is 1. The molecule has 0 fully saturated rings. The Morgan fingerprint density at radius 3 is 2.67 bits per heavy atom. The molecular formula is C17H21N3O3S. The van der Waals surface area contributed by atoms with E-state index in [1.165, 1.54) is 10.6 Å². The normalized spacial score (nSPS) is 11.1. The monoisotopic (exact) mass is 347 g/mol. The maximum absolute atomic E-state index is 12.0. The Morgan fingerprint density at radius 2 is 2.04 bits per heavy atom. The molecule has 1 aromatic heterocycles. The molecule has 0 bridgehead atoms. The Labute approximate surface area is 142 Å². The van der Waals surface area contributed by atoms with Gasteiger partial charge in [-0.05, 0) is 43.2 Å². The Morgan fingerprint density at radius 1 is 1.25 bits per heavy atom. The van der Waals surface area contributed by atoms with E-state index in [1.54, 1.807) is 30.6 Å². The van der Waals surface area contributed by atoms with Crippen LogP contribution >= 0.6 is 0 Å². The molecule has 1 aromatic carbocycles. The quantitative estimate of drug-likeness (QED) is 0.835. The van der Waals surface area contributed by atoms with Crippen LogP contribution in [0.2, 0.25) is 0 Å². The minimum Gasteiger partial charge on any atom is -0.325 e. The third-order valence-corrected chi connectivity index (χ3v) is 4.59. The molecular weight excluding hydrogens is 326 g/mol. The Hall–Kier alpha value is -2.41. The van der Waals surface area contributed by atoms with Gasteiger partial charge in [-0.15, -0.1) is 0 Å². The maximum Gasteiger partial charge on any atom is 0.232 e. The Kier molecular flexibility index (Phi) is 5.92. The highest BCUT2D eigenvalue weighted by Crippen LogP contribution is 2.19. The van der Waals surface area contributed by atoms with E-state index < -0.39 is 10.0 Å². The van der Waals surface area contributed by atoms with E-state index in [9.17, 15) is 13.2 Å². The van der Waals surface area contributed by atoms with Crippen LogP contribution in [0.1, 0.15) is 18.4 Å². The number of rotatable bonds is 7. The van der Waals surface area contributed by atoms with Gasteiger partial charge in [-0.25, -0.2) is 8.42 Å². The molecule has 0 aliphatic rings. The lowest BCUT2D eigenvalue weighted by atomic mass is 10.2. The lowest BCUT2D eigenvalue weighted by Gasteiger charge is -2.22. The van der Waals surface area contributed by atoms with Gasteiger partial charge in [0.2, 0.25) is 15.9 Å². The molecule has 1 heterocycles. The second-order valence-electron chi connectivity index (χ2n) is 5.57. The molecule has 0 aliphatic heterocycles. The van der Waals surface area contributed by atoms with E-state index in [0.29, 0.717) is 17.8 Å². The molecule has 1 amide bonds. The minimum atomic E-state index is -3.40. The summed E-state index contributed by atoms with van der Waals surface area (Å²) in [6.07, 6.45) is 5.01. The molecule has 0 aliphatic carbocycles. The zero-order valence-electron chi connectivity index (χ0n) is 13.8. The van der Waals surface area contributed by atoms with Gasteiger partial charge < -0.3 is 5.32 Å². The Bertz CT molecular complexity index is 792. The number of pyridine rings is 1. The van der Waals surface area contributed by atoms with Crippen molar-refractivity contribution in [2.45, 2.75) is 19.8 Å². The molecule has 2 aromatic rings. The van der Waals surface area contributed by atoms with Crippen LogP contribution in [0, 0.1) is 6.92 Å². The van der Waals surface area contributed by atoms with Crippen molar-refractivity contribution in [3.8, 4) is 0 Å². The lowest BCUT2D eigenvalue weighted by molar-refractivity contribution is -0.116. The lowest BCUT2D eigenvalue weighted by Crippen LogP contribution is -2.31. The van der Waals surface area contributed by atoms with Gasteiger partial charge in [0.15, 0.2) is 0 Å². The fourth-order valence-corrected chi connectivity index (χ4v) is 3.27. The number of hydrogen-bond donors (Lipinski definition) is 1. The highest BCUT2D eigenvalue weighted by molar-refractivity contribution is 7.92. The summed E-state index contributed by atoms with van der Waals surface area (Å²) in [5, 5.41) is 2.73. The first kappa shape index (κ1) is 17.9. The van der Waals surface area contributed by atoms with Crippen molar-refractivity contribution in [1.82, 2.24) is 4.98 Å². The molecule has 0 saturated heterocycles. The van der Waals surface area contributed by atoms with Crippen LogP contribution in [-0.2, 0) is 14.8 Å². The second-order valence-corrected chi connectivity index (χ2v) is 7.47. The summed E-state index contributed by atoms with van der Waals surface area (Å²) in [6.45, 7) is 2.16. The van der Waals surface area contributed by atoms with Crippen LogP contribution in [0.3, 0.4) is 0 Å². The van der Waals surface area contributed by atoms with Gasteiger partial charge in [0.1, 0.15) is 0 Å². The average molecular weight is 347 g/mol. The van der Waals surface area contributed by atoms with E-state index in [1.807, 2.05) is 25.1 Å². The van der Waals surface area contributed by atoms with Crippen molar-refractivity contribution in [3.63, 3.8) is 0 Å². The van der Waals surface area contributed by atoms with Crippen molar-refractivity contribution in [2.24, 2.45) is 0 Å². The number of sulfonamides is 1. The van der Waals surface area contributed by atoms with Gasteiger partial charge in [0.25, 0.3) is 0 Å². The van der Waals surface area contributed by atoms with Crippen LogP contribution < -0.4 is 9.62 Å². The molecule has 0 spiro atoms. The topological polar surface area (TPSA) is 79.4 Å². The molecule has 0 atom stereocenters. The predicted molar refractivity (Wildman–Crippen MR) is 95.5 cm³/mol. The molecule has 0 saturated carbocycles. The number of carbonyl (C=O) groups is 1. The van der Waals surface area contributed by atoms with E-state index in [0.717, 1.165) is 5.56 Å². The molecule has 128 valence electrons. The number of carbonyl (C=O) groups excluding carboxylic acids is 1. The number of benzene rings is 1. The van der Waals surface area contributed by atoms with Crippen molar-refractivity contribution in [3.05, 3.63) is 54.4 Å². The molecule has 0 radical (unpaired) electrons. The van der Waals surface area contributed by atoms with Gasteiger partial charge in [-0.2, -0.15) is 0 Å². The average Bonchev–Trinajstić information content (AvgIpc) is 2.51. The summed E-state index contributed by atoms with van der Waals surface area (Å²) in [5.74, 6) is -0.166. The molecule has 24 heavy (non-hydrogen) atoms. The fraction of sp³-hybridized carbons (Fsp3) is 0.294. The molecule has 1 N–H and O–H groups in total. The smallest absolute Gasteiger partial charge is 0.232 e. The van der Waals surface area contributed by atoms with Crippen LogP contribution in [0.5, 0.6) is 0 Å². The first-order valence-electron chi connectivity index (χ1n) is 7.60. The standard InChI is InChI=1S/C17H21N3O3S/c1-14-6-3-8-16(12-14)20(24(2,22)23)11-5-9-17(21)19-15-7-4-10-18-13-15/h3-4,6-8,10,12-13H,5,9,11H2,1-2H3,(H,19,21). The van der Waals surface area contributed by atoms with E-state index in [4.69, 9.17) is 0 Å². The van der Waals surface area contributed by atoms with Crippen molar-refractivity contribution in [2.75, 3.05) is 22.4 Å². The van der Waals surface area contributed by atoms with E-state index in [-0.39, 0.29) is 18.9 Å².